The quantitative estimate of drug-likeness (QED) is 0.169. The zero-order valence-corrected chi connectivity index (χ0v) is 22.8. The molecule has 1 N–H and O–H groups in total. The summed E-state index contributed by atoms with van der Waals surface area (Å²) in [6.45, 7) is 1.90. The molecule has 0 bridgehead atoms. The van der Waals surface area contributed by atoms with Gasteiger partial charge in [0.15, 0.2) is 11.5 Å². The monoisotopic (exact) mass is 652 g/mol. The highest BCUT2D eigenvalue weighted by Gasteiger charge is 2.37. The number of barbiturate groups is 1. The van der Waals surface area contributed by atoms with Crippen molar-refractivity contribution in [1.29, 1.82) is 0 Å². The number of nitrogens with one attached hydrogen (secondary N) is 1. The summed E-state index contributed by atoms with van der Waals surface area (Å²) in [5.41, 5.74) is 0.268. The Morgan fingerprint density at radius 3 is 2.35 bits per heavy atom. The standard InChI is InChI=1S/C25H18ClIN2O7S/c1-2-35-21-14-15(13-20(27)22(21)36-37(33,34)18-6-4-3-5-7-18)12-19-23(30)28-25(32)29(24(19)31)17-10-8-16(26)9-11-17/h3-14H,2H2,1H3,(H,28,30,32)/b19-12+. The average Bonchev–Trinajstić information content (AvgIpc) is 2.85. The minimum Gasteiger partial charge on any atom is -0.490 e. The molecule has 190 valence electrons. The van der Waals surface area contributed by atoms with Crippen molar-refractivity contribution in [3.05, 3.63) is 86.5 Å². The molecule has 9 nitrogen and oxygen atoms in total. The van der Waals surface area contributed by atoms with E-state index in [2.05, 4.69) is 5.32 Å². The number of halogens is 2. The molecular formula is C25H18ClIN2O7S. The maximum Gasteiger partial charge on any atom is 0.339 e. The summed E-state index contributed by atoms with van der Waals surface area (Å²) < 4.78 is 36.9. The van der Waals surface area contributed by atoms with Crippen LogP contribution in [0.5, 0.6) is 11.5 Å². The van der Waals surface area contributed by atoms with Crippen LogP contribution in [0.2, 0.25) is 5.02 Å². The summed E-state index contributed by atoms with van der Waals surface area (Å²) >= 11 is 7.77. The zero-order valence-electron chi connectivity index (χ0n) is 19.1. The van der Waals surface area contributed by atoms with Gasteiger partial charge in [-0.1, -0.05) is 29.8 Å². The molecule has 1 heterocycles. The van der Waals surface area contributed by atoms with E-state index in [1.165, 1.54) is 54.6 Å². The second-order valence-corrected chi connectivity index (χ2v) is 10.7. The van der Waals surface area contributed by atoms with Gasteiger partial charge in [-0.05, 0) is 89.7 Å². The maximum atomic E-state index is 13.1. The van der Waals surface area contributed by atoms with E-state index in [-0.39, 0.29) is 34.3 Å². The van der Waals surface area contributed by atoms with Gasteiger partial charge in [-0.2, -0.15) is 8.42 Å². The molecule has 4 amide bonds. The van der Waals surface area contributed by atoms with Crippen molar-refractivity contribution in [3.8, 4) is 11.5 Å². The van der Waals surface area contributed by atoms with Gasteiger partial charge in [0.25, 0.3) is 11.8 Å². The first-order chi connectivity index (χ1) is 17.6. The SMILES string of the molecule is CCOc1cc(/C=C2\C(=O)NC(=O)N(c3ccc(Cl)cc3)C2=O)cc(I)c1OS(=O)(=O)c1ccccc1. The number of imide groups is 2. The molecule has 0 unspecified atom stereocenters. The van der Waals surface area contributed by atoms with Crippen LogP contribution in [0.4, 0.5) is 10.5 Å². The molecule has 0 radical (unpaired) electrons. The summed E-state index contributed by atoms with van der Waals surface area (Å²) in [4.78, 5) is 38.9. The first-order valence-electron chi connectivity index (χ1n) is 10.7. The van der Waals surface area contributed by atoms with Gasteiger partial charge in [0.2, 0.25) is 0 Å². The van der Waals surface area contributed by atoms with E-state index in [0.717, 1.165) is 4.90 Å². The van der Waals surface area contributed by atoms with Gasteiger partial charge in [-0.25, -0.2) is 9.69 Å². The van der Waals surface area contributed by atoms with E-state index < -0.39 is 28.0 Å². The number of hydrogen-bond acceptors (Lipinski definition) is 7. The number of carbonyl (C=O) groups is 3. The molecule has 4 rings (SSSR count). The van der Waals surface area contributed by atoms with Gasteiger partial charge >= 0.3 is 16.1 Å². The largest absolute Gasteiger partial charge is 0.490 e. The predicted octanol–water partition coefficient (Wildman–Crippen LogP) is 4.78. The minimum atomic E-state index is -4.15. The van der Waals surface area contributed by atoms with Crippen molar-refractivity contribution in [1.82, 2.24) is 5.32 Å². The minimum absolute atomic E-state index is 0.0316. The van der Waals surface area contributed by atoms with Crippen LogP contribution in [0, 0.1) is 3.57 Å². The van der Waals surface area contributed by atoms with Crippen molar-refractivity contribution in [2.45, 2.75) is 11.8 Å². The van der Waals surface area contributed by atoms with Crippen molar-refractivity contribution >= 4 is 73.9 Å². The van der Waals surface area contributed by atoms with Crippen LogP contribution in [-0.4, -0.2) is 32.9 Å². The van der Waals surface area contributed by atoms with Crippen molar-refractivity contribution < 1.29 is 31.7 Å². The normalized spacial score (nSPS) is 15.1. The number of carbonyl (C=O) groups excluding carboxylic acids is 3. The Morgan fingerprint density at radius 1 is 1.03 bits per heavy atom. The molecule has 1 fully saturated rings. The molecule has 3 aromatic carbocycles. The van der Waals surface area contributed by atoms with Crippen molar-refractivity contribution in [2.24, 2.45) is 0 Å². The fraction of sp³-hybridized carbons (Fsp3) is 0.0800. The highest BCUT2D eigenvalue weighted by molar-refractivity contribution is 14.1. The summed E-state index contributed by atoms with van der Waals surface area (Å²) in [6, 6.07) is 15.7. The lowest BCUT2D eigenvalue weighted by Gasteiger charge is -2.26. The maximum absolute atomic E-state index is 13.1. The third-order valence-corrected chi connectivity index (χ3v) is 7.34. The number of urea groups is 1. The molecule has 0 saturated carbocycles. The Morgan fingerprint density at radius 2 is 1.70 bits per heavy atom. The zero-order chi connectivity index (χ0) is 26.7. The molecule has 0 atom stereocenters. The van der Waals surface area contributed by atoms with Gasteiger partial charge in [-0.3, -0.25) is 14.9 Å². The van der Waals surface area contributed by atoms with Crippen LogP contribution >= 0.6 is 34.2 Å². The van der Waals surface area contributed by atoms with E-state index in [9.17, 15) is 22.8 Å². The van der Waals surface area contributed by atoms with Crippen molar-refractivity contribution in [3.63, 3.8) is 0 Å². The molecule has 12 heteroatoms. The van der Waals surface area contributed by atoms with Crippen LogP contribution in [0.25, 0.3) is 6.08 Å². The number of nitrogens with zero attached hydrogens (tertiary/aromatic N) is 1. The molecule has 0 aromatic heterocycles. The third-order valence-electron chi connectivity index (χ3n) is 5.05. The van der Waals surface area contributed by atoms with E-state index in [4.69, 9.17) is 20.5 Å². The van der Waals surface area contributed by atoms with Crippen LogP contribution in [0.15, 0.2) is 77.2 Å². The number of rotatable bonds is 7. The van der Waals surface area contributed by atoms with Gasteiger partial charge in [-0.15, -0.1) is 0 Å². The number of benzene rings is 3. The summed E-state index contributed by atoms with van der Waals surface area (Å²) in [7, 11) is -4.15. The van der Waals surface area contributed by atoms with Gasteiger partial charge in [0.05, 0.1) is 15.9 Å². The summed E-state index contributed by atoms with van der Waals surface area (Å²) in [5.74, 6) is -1.66. The Bertz CT molecular complexity index is 1520. The Hall–Kier alpha value is -3.42. The fourth-order valence-corrected chi connectivity index (χ4v) is 5.40. The summed E-state index contributed by atoms with van der Waals surface area (Å²) in [6.07, 6.45) is 1.28. The molecule has 0 spiro atoms. The highest BCUT2D eigenvalue weighted by atomic mass is 127. The van der Waals surface area contributed by atoms with E-state index >= 15 is 0 Å². The predicted molar refractivity (Wildman–Crippen MR) is 145 cm³/mol. The van der Waals surface area contributed by atoms with E-state index in [0.29, 0.717) is 14.2 Å². The van der Waals surface area contributed by atoms with Crippen molar-refractivity contribution in [2.75, 3.05) is 11.5 Å². The number of anilines is 1. The Balaban J connectivity index is 1.72. The lowest BCUT2D eigenvalue weighted by atomic mass is 10.1. The molecule has 1 aliphatic heterocycles. The second kappa shape index (κ2) is 10.9. The third kappa shape index (κ3) is 5.78. The average molecular weight is 653 g/mol. The lowest BCUT2D eigenvalue weighted by molar-refractivity contribution is -0.122. The second-order valence-electron chi connectivity index (χ2n) is 7.55. The fourth-order valence-electron chi connectivity index (χ4n) is 3.41. The van der Waals surface area contributed by atoms with Crippen LogP contribution in [0.1, 0.15) is 12.5 Å². The first kappa shape index (κ1) is 26.6. The molecule has 3 aromatic rings. The number of amides is 4. The Labute approximate surface area is 231 Å². The molecule has 1 saturated heterocycles. The van der Waals surface area contributed by atoms with Crippen LogP contribution in [-0.2, 0) is 19.7 Å². The Kier molecular flexibility index (Phi) is 7.85. The highest BCUT2D eigenvalue weighted by Crippen LogP contribution is 2.37. The molecule has 0 aliphatic carbocycles. The molecule has 1 aliphatic rings. The number of hydrogen-bond donors (Lipinski definition) is 1. The van der Waals surface area contributed by atoms with Gasteiger partial charge in [0.1, 0.15) is 10.5 Å². The lowest BCUT2D eigenvalue weighted by Crippen LogP contribution is -2.54. The van der Waals surface area contributed by atoms with E-state index in [1.54, 1.807) is 25.1 Å². The molecule has 37 heavy (non-hydrogen) atoms. The first-order valence-corrected chi connectivity index (χ1v) is 13.6. The smallest absolute Gasteiger partial charge is 0.339 e. The van der Waals surface area contributed by atoms with Crippen LogP contribution in [0.3, 0.4) is 0 Å². The van der Waals surface area contributed by atoms with E-state index in [1.807, 2.05) is 22.6 Å². The topological polar surface area (TPSA) is 119 Å². The number of ether oxygens (including phenoxy) is 1. The summed E-state index contributed by atoms with van der Waals surface area (Å²) in [5, 5.41) is 2.56. The van der Waals surface area contributed by atoms with Crippen LogP contribution < -0.4 is 19.1 Å². The molecular weight excluding hydrogens is 635 g/mol. The van der Waals surface area contributed by atoms with Gasteiger partial charge < -0.3 is 8.92 Å². The van der Waals surface area contributed by atoms with Gasteiger partial charge in [0, 0.05) is 5.02 Å².